The molecule has 0 unspecified atom stereocenters. The minimum absolute atomic E-state index is 0.0246. The highest BCUT2D eigenvalue weighted by Crippen LogP contribution is 2.40. The first kappa shape index (κ1) is 22.4. The minimum atomic E-state index is -0.696. The largest absolute Gasteiger partial charge is 0.362 e. The van der Waals surface area contributed by atoms with Crippen molar-refractivity contribution in [1.29, 1.82) is 5.41 Å². The predicted octanol–water partition coefficient (Wildman–Crippen LogP) is 3.24. The van der Waals surface area contributed by atoms with Gasteiger partial charge in [0.15, 0.2) is 11.6 Å². The maximum Gasteiger partial charge on any atom is 0.319 e. The van der Waals surface area contributed by atoms with E-state index in [0.717, 1.165) is 31.3 Å². The number of urea groups is 1. The molecule has 4 aromatic heterocycles. The van der Waals surface area contributed by atoms with Crippen molar-refractivity contribution in [3.05, 3.63) is 30.2 Å². The standard InChI is InChI=1S/C21H26N10OS/c1-11(2)31-8-6-13(28-31)16-12(3)15-17(25-10-14(22)30(5)21(23)32)26-18(27-20(15)33-16)19-24-7-9-29(19)4/h6-9,11,22H,10H2,1-5H3,(H2,23,32)(H,25,26,27). The summed E-state index contributed by atoms with van der Waals surface area (Å²) >= 11 is 1.54. The fraction of sp³-hybridized carbons (Fsp3) is 0.333. The molecule has 0 saturated heterocycles. The first-order valence-electron chi connectivity index (χ1n) is 10.4. The number of anilines is 1. The van der Waals surface area contributed by atoms with E-state index in [4.69, 9.17) is 26.2 Å². The molecule has 4 heterocycles. The number of carbonyl (C=O) groups is 1. The van der Waals surface area contributed by atoms with E-state index in [1.165, 1.54) is 18.4 Å². The number of primary amides is 1. The van der Waals surface area contributed by atoms with E-state index in [1.807, 2.05) is 41.7 Å². The second kappa shape index (κ2) is 8.62. The molecule has 4 rings (SSSR count). The molecule has 172 valence electrons. The van der Waals surface area contributed by atoms with Crippen LogP contribution in [0.15, 0.2) is 24.7 Å². The summed E-state index contributed by atoms with van der Waals surface area (Å²) in [7, 11) is 3.34. The Balaban J connectivity index is 1.82. The minimum Gasteiger partial charge on any atom is -0.362 e. The highest BCUT2D eigenvalue weighted by atomic mass is 32.1. The average Bonchev–Trinajstić information content (AvgIpc) is 3.50. The van der Waals surface area contributed by atoms with Crippen molar-refractivity contribution in [2.24, 2.45) is 12.8 Å². The Bertz CT molecular complexity index is 1350. The molecule has 12 heteroatoms. The van der Waals surface area contributed by atoms with Gasteiger partial charge in [0, 0.05) is 38.7 Å². The molecule has 11 nitrogen and oxygen atoms in total. The first-order valence-corrected chi connectivity index (χ1v) is 11.2. The van der Waals surface area contributed by atoms with Crippen LogP contribution in [0, 0.1) is 12.3 Å². The smallest absolute Gasteiger partial charge is 0.319 e. The molecule has 0 atom stereocenters. The van der Waals surface area contributed by atoms with Crippen LogP contribution in [0.3, 0.4) is 0 Å². The molecule has 0 radical (unpaired) electrons. The maximum absolute atomic E-state index is 11.4. The van der Waals surface area contributed by atoms with E-state index in [0.29, 0.717) is 17.5 Å². The predicted molar refractivity (Wildman–Crippen MR) is 130 cm³/mol. The van der Waals surface area contributed by atoms with Gasteiger partial charge in [-0.15, -0.1) is 11.3 Å². The van der Waals surface area contributed by atoms with Gasteiger partial charge in [-0.3, -0.25) is 15.0 Å². The Kier molecular flexibility index (Phi) is 5.85. The average molecular weight is 467 g/mol. The molecule has 0 aliphatic heterocycles. The highest BCUT2D eigenvalue weighted by Gasteiger charge is 2.21. The summed E-state index contributed by atoms with van der Waals surface area (Å²) < 4.78 is 3.77. The number of hydrogen-bond acceptors (Lipinski definition) is 8. The molecule has 0 aromatic carbocycles. The third kappa shape index (κ3) is 4.16. The number of carbonyl (C=O) groups excluding carboxylic acids is 1. The maximum atomic E-state index is 11.4. The molecule has 0 bridgehead atoms. The number of likely N-dealkylation sites (N-methyl/N-ethyl adjacent to an activating group) is 1. The summed E-state index contributed by atoms with van der Waals surface area (Å²) in [5.41, 5.74) is 7.15. The number of nitrogens with two attached hydrogens (primary N) is 1. The van der Waals surface area contributed by atoms with E-state index < -0.39 is 6.03 Å². The number of fused-ring (bicyclic) bond motifs is 1. The normalized spacial score (nSPS) is 11.3. The molecule has 0 spiro atoms. The van der Waals surface area contributed by atoms with Gasteiger partial charge < -0.3 is 15.6 Å². The zero-order chi connectivity index (χ0) is 23.9. The van der Waals surface area contributed by atoms with E-state index in [-0.39, 0.29) is 18.4 Å². The van der Waals surface area contributed by atoms with Gasteiger partial charge in [-0.05, 0) is 32.4 Å². The van der Waals surface area contributed by atoms with Crippen LogP contribution in [0.5, 0.6) is 0 Å². The number of amidine groups is 1. The quantitative estimate of drug-likeness (QED) is 0.294. The summed E-state index contributed by atoms with van der Waals surface area (Å²) in [5, 5.41) is 16.9. The fourth-order valence-electron chi connectivity index (χ4n) is 3.36. The molecular weight excluding hydrogens is 440 g/mol. The van der Waals surface area contributed by atoms with Crippen LogP contribution in [0.25, 0.3) is 32.4 Å². The molecule has 2 amide bonds. The third-order valence-corrected chi connectivity index (χ3v) is 6.55. The molecule has 4 aromatic rings. The van der Waals surface area contributed by atoms with Gasteiger partial charge in [-0.2, -0.15) is 5.10 Å². The van der Waals surface area contributed by atoms with Crippen molar-refractivity contribution in [2.45, 2.75) is 26.8 Å². The monoisotopic (exact) mass is 466 g/mol. The van der Waals surface area contributed by atoms with Gasteiger partial charge in [-0.1, -0.05) is 0 Å². The molecule has 0 aliphatic rings. The van der Waals surface area contributed by atoms with Gasteiger partial charge in [-0.25, -0.2) is 19.7 Å². The van der Waals surface area contributed by atoms with E-state index in [9.17, 15) is 4.79 Å². The van der Waals surface area contributed by atoms with Gasteiger partial charge in [0.25, 0.3) is 0 Å². The van der Waals surface area contributed by atoms with Crippen molar-refractivity contribution in [1.82, 2.24) is 34.2 Å². The van der Waals surface area contributed by atoms with Gasteiger partial charge >= 0.3 is 6.03 Å². The Morgan fingerprint density at radius 3 is 2.70 bits per heavy atom. The van der Waals surface area contributed by atoms with Crippen LogP contribution in [-0.2, 0) is 7.05 Å². The zero-order valence-electron chi connectivity index (χ0n) is 19.1. The summed E-state index contributed by atoms with van der Waals surface area (Å²) in [6, 6.07) is 1.56. The Morgan fingerprint density at radius 1 is 1.33 bits per heavy atom. The molecule has 0 aliphatic carbocycles. The topological polar surface area (TPSA) is 144 Å². The first-order chi connectivity index (χ1) is 15.7. The second-order valence-corrected chi connectivity index (χ2v) is 8.97. The fourth-order valence-corrected chi connectivity index (χ4v) is 4.50. The van der Waals surface area contributed by atoms with Gasteiger partial charge in [0.1, 0.15) is 22.2 Å². The van der Waals surface area contributed by atoms with Crippen molar-refractivity contribution in [2.75, 3.05) is 18.9 Å². The highest BCUT2D eigenvalue weighted by molar-refractivity contribution is 7.22. The second-order valence-electron chi connectivity index (χ2n) is 7.97. The SMILES string of the molecule is Cc1c(-c2ccn(C(C)C)n2)sc2nc(-c3nccn3C)nc(NCC(=N)N(C)C(N)=O)c12. The summed E-state index contributed by atoms with van der Waals surface area (Å²) in [6.45, 7) is 6.25. The molecule has 0 fully saturated rings. The number of aryl methyl sites for hydroxylation is 2. The zero-order valence-corrected chi connectivity index (χ0v) is 19.9. The molecule has 33 heavy (non-hydrogen) atoms. The molecular formula is C21H26N10OS. The Morgan fingerprint density at radius 2 is 2.09 bits per heavy atom. The van der Waals surface area contributed by atoms with Gasteiger partial charge in [0.2, 0.25) is 0 Å². The number of nitrogens with one attached hydrogen (secondary N) is 2. The van der Waals surface area contributed by atoms with Crippen molar-refractivity contribution >= 4 is 39.2 Å². The molecule has 0 saturated carbocycles. The van der Waals surface area contributed by atoms with Crippen LogP contribution in [0.2, 0.25) is 0 Å². The van der Waals surface area contributed by atoms with Gasteiger partial charge in [0.05, 0.1) is 16.8 Å². The number of nitrogens with zero attached hydrogens (tertiary/aromatic N) is 7. The lowest BCUT2D eigenvalue weighted by Gasteiger charge is -2.16. The van der Waals surface area contributed by atoms with E-state index in [1.54, 1.807) is 6.20 Å². The van der Waals surface area contributed by atoms with Crippen LogP contribution in [0.1, 0.15) is 25.5 Å². The lowest BCUT2D eigenvalue weighted by molar-refractivity contribution is 0.235. The number of hydrogen-bond donors (Lipinski definition) is 3. The number of amides is 2. The number of rotatable bonds is 6. The van der Waals surface area contributed by atoms with Crippen LogP contribution < -0.4 is 11.1 Å². The van der Waals surface area contributed by atoms with Crippen LogP contribution >= 0.6 is 11.3 Å². The van der Waals surface area contributed by atoms with E-state index in [2.05, 4.69) is 24.1 Å². The Hall–Kier alpha value is -3.80. The third-order valence-electron chi connectivity index (χ3n) is 5.34. The summed E-state index contributed by atoms with van der Waals surface area (Å²) in [6.07, 6.45) is 5.49. The number of aromatic nitrogens is 6. The summed E-state index contributed by atoms with van der Waals surface area (Å²) in [5.74, 6) is 1.68. The van der Waals surface area contributed by atoms with Crippen LogP contribution in [0.4, 0.5) is 10.6 Å². The number of imidazole rings is 1. The molecule has 4 N–H and O–H groups in total. The van der Waals surface area contributed by atoms with Crippen molar-refractivity contribution in [3.8, 4) is 22.2 Å². The van der Waals surface area contributed by atoms with E-state index >= 15 is 0 Å². The lowest BCUT2D eigenvalue weighted by Crippen LogP contribution is -2.40. The summed E-state index contributed by atoms with van der Waals surface area (Å²) in [4.78, 5) is 28.2. The van der Waals surface area contributed by atoms with Crippen LogP contribution in [-0.4, -0.2) is 59.7 Å². The lowest BCUT2D eigenvalue weighted by atomic mass is 10.1. The number of thiophene rings is 1. The van der Waals surface area contributed by atoms with Crippen molar-refractivity contribution < 1.29 is 4.79 Å². The van der Waals surface area contributed by atoms with Crippen molar-refractivity contribution in [3.63, 3.8) is 0 Å². The Labute approximate surface area is 194 Å².